The SMILES string of the molecule is CCC(C)CCCCC(=O)N[C@@H](CCN)C(=O)N[C@H](CN[C@@H](CCN)C(=O)N[C@H]1CCNC(=O)[C@H]([C@@H](C)O)NC(=O)[C@H](CCN)NC(=O)[C@H](CCN)NC(=O)[C@H](CC(C)C)NC(=O)[C@@H](CC(C)C)NC(=O)[C@H](CCN)NC1=O)[C@H](C)O. The van der Waals surface area contributed by atoms with Gasteiger partial charge in [0.2, 0.25) is 59.1 Å². The first kappa shape index (κ1) is 73.4. The molecule has 0 spiro atoms. The van der Waals surface area contributed by atoms with Crippen LogP contribution in [0.1, 0.15) is 139 Å². The van der Waals surface area contributed by atoms with Gasteiger partial charge in [-0.3, -0.25) is 47.9 Å². The minimum atomic E-state index is -1.64. The monoisotopic (exact) mass is 1150 g/mol. The molecule has 0 aromatic carbocycles. The predicted molar refractivity (Wildman–Crippen MR) is 305 cm³/mol. The Bertz CT molecular complexity index is 1980. The Morgan fingerprint density at radius 2 is 1.01 bits per heavy atom. The molecule has 10 amide bonds. The second-order valence-electron chi connectivity index (χ2n) is 22.0. The molecule has 28 nitrogen and oxygen atoms in total. The summed E-state index contributed by atoms with van der Waals surface area (Å²) < 4.78 is 0. The number of unbranched alkanes of at least 4 members (excludes halogenated alkanes) is 1. The standard InChI is InChI=1S/C53H102N16O12/c1-9-31(6)12-10-11-13-43(72)61-35(15-21-55)46(74)68-42(32(7)70)28-60-34(14-20-54)45(73)65-39-19-25-59-53(81)44(33(8)71)69-50(78)38(18-24-58)63-47(75)36(16-22-56)64-51(79)40(26-29(2)3)67-52(80)41(27-30(4)5)66-48(76)37(17-23-57)62-49(39)77/h29-42,44,60,70-71H,9-28,54-58H2,1-8H3,(H,59,81)(H,61,72)(H,62,77)(H,63,75)(H,64,79)(H,65,73)(H,66,76)(H,67,80)(H,68,74)(H,69,78)/t31?,32-,33+,34-,35-,36-,37-,38-,39-,40-,41+,42+,44-/m0/s1. The fraction of sp³-hybridized carbons (Fsp3) is 0.811. The van der Waals surface area contributed by atoms with Crippen LogP contribution in [0, 0.1) is 17.8 Å². The molecule has 1 heterocycles. The first-order valence-electron chi connectivity index (χ1n) is 28.9. The van der Waals surface area contributed by atoms with Gasteiger partial charge in [-0.25, -0.2) is 0 Å². The van der Waals surface area contributed by atoms with E-state index in [1.165, 1.54) is 13.8 Å². The van der Waals surface area contributed by atoms with E-state index >= 15 is 0 Å². The Balaban J connectivity index is 3.76. The van der Waals surface area contributed by atoms with E-state index in [9.17, 15) is 58.2 Å². The van der Waals surface area contributed by atoms with Gasteiger partial charge in [0.15, 0.2) is 0 Å². The summed E-state index contributed by atoms with van der Waals surface area (Å²) in [6.07, 6.45) is 0.461. The molecule has 1 unspecified atom stereocenters. The molecule has 0 aromatic heterocycles. The molecule has 28 heteroatoms. The van der Waals surface area contributed by atoms with Gasteiger partial charge in [-0.2, -0.15) is 0 Å². The van der Waals surface area contributed by atoms with E-state index in [1.54, 1.807) is 27.7 Å². The number of amides is 10. The smallest absolute Gasteiger partial charge is 0.245 e. The molecule has 1 aliphatic rings. The highest BCUT2D eigenvalue weighted by molar-refractivity contribution is 5.98. The molecule has 1 aliphatic heterocycles. The van der Waals surface area contributed by atoms with Crippen LogP contribution in [0.15, 0.2) is 0 Å². The topological polar surface area (TPSA) is 474 Å². The van der Waals surface area contributed by atoms with E-state index in [4.69, 9.17) is 28.7 Å². The van der Waals surface area contributed by atoms with E-state index in [0.29, 0.717) is 12.3 Å². The van der Waals surface area contributed by atoms with Crippen molar-refractivity contribution in [3.05, 3.63) is 0 Å². The number of nitrogens with one attached hydrogen (secondary N) is 11. The van der Waals surface area contributed by atoms with Gasteiger partial charge in [0.05, 0.1) is 24.3 Å². The number of hydrogen-bond donors (Lipinski definition) is 18. The first-order chi connectivity index (χ1) is 38.3. The van der Waals surface area contributed by atoms with Gasteiger partial charge in [-0.05, 0) is 122 Å². The van der Waals surface area contributed by atoms with Crippen molar-refractivity contribution in [1.29, 1.82) is 0 Å². The molecule has 466 valence electrons. The van der Waals surface area contributed by atoms with Crippen molar-refractivity contribution >= 4 is 59.1 Å². The van der Waals surface area contributed by atoms with Crippen molar-refractivity contribution in [3.63, 3.8) is 0 Å². The summed E-state index contributed by atoms with van der Waals surface area (Å²) >= 11 is 0. The minimum Gasteiger partial charge on any atom is -0.391 e. The summed E-state index contributed by atoms with van der Waals surface area (Å²) in [5, 5.41) is 50.9. The van der Waals surface area contributed by atoms with E-state index in [-0.39, 0.29) is 121 Å². The van der Waals surface area contributed by atoms with Crippen molar-refractivity contribution in [1.82, 2.24) is 58.5 Å². The third kappa shape index (κ3) is 28.3. The summed E-state index contributed by atoms with van der Waals surface area (Å²) in [5.41, 5.74) is 29.4. The van der Waals surface area contributed by atoms with Crippen molar-refractivity contribution in [2.45, 2.75) is 211 Å². The molecule has 1 fully saturated rings. The fourth-order valence-corrected chi connectivity index (χ4v) is 8.80. The number of aliphatic hydroxyl groups is 2. The van der Waals surface area contributed by atoms with Crippen LogP contribution in [0.3, 0.4) is 0 Å². The second-order valence-corrected chi connectivity index (χ2v) is 22.0. The Hall–Kier alpha value is -5.62. The van der Waals surface area contributed by atoms with E-state index in [1.807, 2.05) is 0 Å². The zero-order valence-corrected chi connectivity index (χ0v) is 49.2. The van der Waals surface area contributed by atoms with Crippen LogP contribution in [0.4, 0.5) is 0 Å². The lowest BCUT2D eigenvalue weighted by Gasteiger charge is -2.29. The predicted octanol–water partition coefficient (Wildman–Crippen LogP) is -4.97. The Morgan fingerprint density at radius 1 is 0.556 bits per heavy atom. The lowest BCUT2D eigenvalue weighted by molar-refractivity contribution is -0.136. The third-order valence-corrected chi connectivity index (χ3v) is 13.8. The molecule has 0 bridgehead atoms. The molecule has 1 saturated heterocycles. The molecule has 81 heavy (non-hydrogen) atoms. The van der Waals surface area contributed by atoms with Gasteiger partial charge in [0, 0.05) is 19.5 Å². The fourth-order valence-electron chi connectivity index (χ4n) is 8.80. The molecule has 23 N–H and O–H groups in total. The minimum absolute atomic E-state index is 0.0352. The van der Waals surface area contributed by atoms with Crippen molar-refractivity contribution < 1.29 is 58.2 Å². The molecule has 13 atom stereocenters. The molecule has 1 rings (SSSR count). The van der Waals surface area contributed by atoms with Crippen molar-refractivity contribution in [2.24, 2.45) is 46.4 Å². The number of carbonyl (C=O) groups is 10. The normalized spacial score (nSPS) is 23.7. The molecule has 0 aliphatic carbocycles. The lowest BCUT2D eigenvalue weighted by atomic mass is 9.99. The van der Waals surface area contributed by atoms with Crippen LogP contribution in [0.5, 0.6) is 0 Å². The maximum atomic E-state index is 14.4. The molecule has 0 aromatic rings. The van der Waals surface area contributed by atoms with Crippen molar-refractivity contribution in [2.75, 3.05) is 45.8 Å². The number of aliphatic hydroxyl groups excluding tert-OH is 2. The lowest BCUT2D eigenvalue weighted by Crippen LogP contribution is -2.61. The van der Waals surface area contributed by atoms with E-state index in [0.717, 1.165) is 19.3 Å². The van der Waals surface area contributed by atoms with Gasteiger partial charge >= 0.3 is 0 Å². The highest BCUT2D eigenvalue weighted by Crippen LogP contribution is 2.14. The summed E-state index contributed by atoms with van der Waals surface area (Å²) in [6.45, 7) is 13.2. The summed E-state index contributed by atoms with van der Waals surface area (Å²) in [4.78, 5) is 139. The Morgan fingerprint density at radius 3 is 1.46 bits per heavy atom. The van der Waals surface area contributed by atoms with Crippen LogP contribution in [-0.4, -0.2) is 188 Å². The maximum Gasteiger partial charge on any atom is 0.245 e. The zero-order valence-electron chi connectivity index (χ0n) is 49.2. The molecular weight excluding hydrogens is 1050 g/mol. The summed E-state index contributed by atoms with van der Waals surface area (Å²) in [6, 6.07) is -13.0. The highest BCUT2D eigenvalue weighted by atomic mass is 16.3. The largest absolute Gasteiger partial charge is 0.391 e. The highest BCUT2D eigenvalue weighted by Gasteiger charge is 2.36. The van der Waals surface area contributed by atoms with Gasteiger partial charge in [0.25, 0.3) is 0 Å². The number of nitrogens with two attached hydrogens (primary N) is 5. The molecule has 0 saturated carbocycles. The average Bonchev–Trinajstić information content (AvgIpc) is 3.41. The number of rotatable bonds is 30. The maximum absolute atomic E-state index is 14.4. The van der Waals surface area contributed by atoms with Crippen LogP contribution in [0.25, 0.3) is 0 Å². The van der Waals surface area contributed by atoms with Crippen LogP contribution < -0.4 is 87.2 Å². The van der Waals surface area contributed by atoms with Gasteiger partial charge in [0.1, 0.15) is 48.3 Å². The molecule has 0 radical (unpaired) electrons. The quantitative estimate of drug-likeness (QED) is 0.0300. The van der Waals surface area contributed by atoms with Crippen molar-refractivity contribution in [3.8, 4) is 0 Å². The Kier molecular flexibility index (Phi) is 36.0. The van der Waals surface area contributed by atoms with Crippen LogP contribution >= 0.6 is 0 Å². The zero-order chi connectivity index (χ0) is 61.4. The second kappa shape index (κ2) is 39.7. The first-order valence-corrected chi connectivity index (χ1v) is 28.9. The Labute approximate surface area is 478 Å². The molecular formula is C53H102N16O12. The van der Waals surface area contributed by atoms with Gasteiger partial charge in [-0.15, -0.1) is 0 Å². The third-order valence-electron chi connectivity index (χ3n) is 13.8. The van der Waals surface area contributed by atoms with E-state index < -0.39 is 126 Å². The van der Waals surface area contributed by atoms with Gasteiger partial charge in [-0.1, -0.05) is 60.8 Å². The van der Waals surface area contributed by atoms with Crippen LogP contribution in [0.2, 0.25) is 0 Å². The van der Waals surface area contributed by atoms with Crippen LogP contribution in [-0.2, 0) is 47.9 Å². The number of hydrogen-bond acceptors (Lipinski definition) is 18. The summed E-state index contributed by atoms with van der Waals surface area (Å²) in [7, 11) is 0. The average molecular weight is 1160 g/mol. The number of carbonyl (C=O) groups excluding carboxylic acids is 10. The van der Waals surface area contributed by atoms with Gasteiger partial charge < -0.3 is 97.4 Å². The van der Waals surface area contributed by atoms with E-state index in [2.05, 4.69) is 72.3 Å². The summed E-state index contributed by atoms with van der Waals surface area (Å²) in [5.74, 6) is -7.55.